The highest BCUT2D eigenvalue weighted by molar-refractivity contribution is 6.32. The smallest absolute Gasteiger partial charge is 0.331 e. The van der Waals surface area contributed by atoms with Gasteiger partial charge in [-0.15, -0.1) is 0 Å². The highest BCUT2D eigenvalue weighted by Crippen LogP contribution is 2.40. The summed E-state index contributed by atoms with van der Waals surface area (Å²) in [7, 11) is 0. The van der Waals surface area contributed by atoms with E-state index in [9.17, 15) is 9.59 Å². The van der Waals surface area contributed by atoms with Crippen LogP contribution in [0.4, 0.5) is 0 Å². The maximum Gasteiger partial charge on any atom is 0.331 e. The molecular weight excluding hydrogens is 322 g/mol. The van der Waals surface area contributed by atoms with E-state index in [1.165, 1.54) is 12.2 Å². The Morgan fingerprint density at radius 2 is 2.17 bits per heavy atom. The Bertz CT molecular complexity index is 627. The fourth-order valence-corrected chi connectivity index (χ4v) is 2.08. The Morgan fingerprint density at radius 3 is 2.91 bits per heavy atom. The first kappa shape index (κ1) is 17.1. The second-order valence-corrected chi connectivity index (χ2v) is 5.78. The van der Waals surface area contributed by atoms with Gasteiger partial charge in [0.15, 0.2) is 18.1 Å². The summed E-state index contributed by atoms with van der Waals surface area (Å²) in [5.74, 6) is 0.419. The van der Waals surface area contributed by atoms with Crippen molar-refractivity contribution in [2.45, 2.75) is 13.8 Å². The summed E-state index contributed by atoms with van der Waals surface area (Å²) in [5, 5.41) is 3.06. The van der Waals surface area contributed by atoms with Gasteiger partial charge in [0, 0.05) is 12.6 Å². The van der Waals surface area contributed by atoms with Crippen LogP contribution in [0.1, 0.15) is 19.4 Å². The normalized spacial score (nSPS) is 12.7. The van der Waals surface area contributed by atoms with Gasteiger partial charge in [-0.3, -0.25) is 4.79 Å². The Hall–Kier alpha value is -2.21. The lowest BCUT2D eigenvalue weighted by Gasteiger charge is -2.07. The third-order valence-electron chi connectivity index (χ3n) is 2.91. The maximum absolute atomic E-state index is 11.6. The average Bonchev–Trinajstić information content (AvgIpc) is 2.97. The molecule has 23 heavy (non-hydrogen) atoms. The van der Waals surface area contributed by atoms with Crippen LogP contribution in [0.3, 0.4) is 0 Å². The summed E-state index contributed by atoms with van der Waals surface area (Å²) in [6, 6.07) is 3.35. The number of fused-ring (bicyclic) bond motifs is 1. The van der Waals surface area contributed by atoms with Gasteiger partial charge in [-0.1, -0.05) is 25.4 Å². The lowest BCUT2D eigenvalue weighted by atomic mass is 10.2. The topological polar surface area (TPSA) is 73.9 Å². The molecule has 1 aliphatic rings. The molecule has 1 N–H and O–H groups in total. The molecule has 2 rings (SSSR count). The van der Waals surface area contributed by atoms with Gasteiger partial charge >= 0.3 is 5.97 Å². The molecule has 0 saturated heterocycles. The molecule has 0 spiro atoms. The Balaban J connectivity index is 1.84. The first-order valence-electron chi connectivity index (χ1n) is 7.16. The second kappa shape index (κ2) is 7.87. The van der Waals surface area contributed by atoms with Crippen LogP contribution in [0.15, 0.2) is 18.2 Å². The van der Waals surface area contributed by atoms with Crippen molar-refractivity contribution in [3.8, 4) is 11.5 Å². The fourth-order valence-electron chi connectivity index (χ4n) is 1.80. The Labute approximate surface area is 139 Å². The van der Waals surface area contributed by atoms with Crippen molar-refractivity contribution >= 4 is 29.6 Å². The summed E-state index contributed by atoms with van der Waals surface area (Å²) < 4.78 is 15.3. The summed E-state index contributed by atoms with van der Waals surface area (Å²) >= 11 is 6.05. The predicted molar refractivity (Wildman–Crippen MR) is 85.4 cm³/mol. The number of esters is 1. The van der Waals surface area contributed by atoms with E-state index in [0.29, 0.717) is 34.5 Å². The van der Waals surface area contributed by atoms with E-state index in [-0.39, 0.29) is 19.3 Å². The van der Waals surface area contributed by atoms with E-state index in [0.717, 1.165) is 0 Å². The molecule has 1 amide bonds. The van der Waals surface area contributed by atoms with Crippen LogP contribution >= 0.6 is 11.6 Å². The van der Waals surface area contributed by atoms with Crippen molar-refractivity contribution in [1.29, 1.82) is 0 Å². The summed E-state index contributed by atoms with van der Waals surface area (Å²) in [5.41, 5.74) is 0.667. The average molecular weight is 340 g/mol. The molecule has 0 bridgehead atoms. The summed E-state index contributed by atoms with van der Waals surface area (Å²) in [6.45, 7) is 4.31. The number of carbonyl (C=O) groups excluding carboxylic acids is 2. The van der Waals surface area contributed by atoms with E-state index in [2.05, 4.69) is 5.32 Å². The fraction of sp³-hybridized carbons (Fsp3) is 0.375. The molecule has 1 heterocycles. The lowest BCUT2D eigenvalue weighted by Crippen LogP contribution is -2.31. The SMILES string of the molecule is CC(C)CNC(=O)COC(=O)/C=C/c1cc(Cl)c2c(c1)OCO2. The van der Waals surface area contributed by atoms with Crippen LogP contribution in [0.2, 0.25) is 5.02 Å². The van der Waals surface area contributed by atoms with Crippen LogP contribution in [0.25, 0.3) is 6.08 Å². The molecule has 0 atom stereocenters. The van der Waals surface area contributed by atoms with E-state index >= 15 is 0 Å². The molecule has 0 aromatic heterocycles. The van der Waals surface area contributed by atoms with Gasteiger partial charge in [-0.05, 0) is 29.7 Å². The first-order chi connectivity index (χ1) is 11.0. The molecule has 0 saturated carbocycles. The number of hydrogen-bond acceptors (Lipinski definition) is 5. The molecule has 0 aliphatic carbocycles. The van der Waals surface area contributed by atoms with Crippen molar-refractivity contribution in [2.24, 2.45) is 5.92 Å². The largest absolute Gasteiger partial charge is 0.454 e. The zero-order chi connectivity index (χ0) is 16.8. The van der Waals surface area contributed by atoms with Crippen molar-refractivity contribution in [1.82, 2.24) is 5.32 Å². The van der Waals surface area contributed by atoms with Crippen molar-refractivity contribution in [2.75, 3.05) is 19.9 Å². The quantitative estimate of drug-likeness (QED) is 0.636. The molecule has 0 unspecified atom stereocenters. The highest BCUT2D eigenvalue weighted by atomic mass is 35.5. The second-order valence-electron chi connectivity index (χ2n) is 5.38. The number of rotatable bonds is 6. The molecule has 0 radical (unpaired) electrons. The number of hydrogen-bond donors (Lipinski definition) is 1. The van der Waals surface area contributed by atoms with Crippen LogP contribution in [-0.2, 0) is 14.3 Å². The summed E-state index contributed by atoms with van der Waals surface area (Å²) in [4.78, 5) is 23.0. The molecule has 6 nitrogen and oxygen atoms in total. The molecular formula is C16H18ClNO5. The number of ether oxygens (including phenoxy) is 3. The van der Waals surface area contributed by atoms with Crippen LogP contribution in [0.5, 0.6) is 11.5 Å². The van der Waals surface area contributed by atoms with Crippen molar-refractivity contribution in [3.05, 3.63) is 28.8 Å². The standard InChI is InChI=1S/C16H18ClNO5/c1-10(2)7-18-14(19)8-21-15(20)4-3-11-5-12(17)16-13(6-11)22-9-23-16/h3-6,10H,7-9H2,1-2H3,(H,18,19)/b4-3+. The van der Waals surface area contributed by atoms with Crippen molar-refractivity contribution < 1.29 is 23.8 Å². The zero-order valence-corrected chi connectivity index (χ0v) is 13.7. The minimum atomic E-state index is -0.613. The first-order valence-corrected chi connectivity index (χ1v) is 7.54. The number of carbonyl (C=O) groups is 2. The molecule has 1 aromatic rings. The number of halogens is 1. The van der Waals surface area contributed by atoms with Crippen LogP contribution in [0, 0.1) is 5.92 Å². The molecule has 0 fully saturated rings. The minimum Gasteiger partial charge on any atom is -0.454 e. The number of benzene rings is 1. The van der Waals surface area contributed by atoms with Gasteiger partial charge in [0.2, 0.25) is 6.79 Å². The Morgan fingerprint density at radius 1 is 1.39 bits per heavy atom. The lowest BCUT2D eigenvalue weighted by molar-refractivity contribution is -0.143. The number of amides is 1. The third-order valence-corrected chi connectivity index (χ3v) is 3.20. The molecule has 1 aromatic carbocycles. The van der Waals surface area contributed by atoms with E-state index in [1.807, 2.05) is 13.8 Å². The number of nitrogens with one attached hydrogen (secondary N) is 1. The van der Waals surface area contributed by atoms with E-state index in [4.69, 9.17) is 25.8 Å². The minimum absolute atomic E-state index is 0.121. The predicted octanol–water partition coefficient (Wildman–Crippen LogP) is 2.40. The van der Waals surface area contributed by atoms with Crippen LogP contribution in [-0.4, -0.2) is 31.8 Å². The van der Waals surface area contributed by atoms with E-state index in [1.54, 1.807) is 12.1 Å². The van der Waals surface area contributed by atoms with Crippen molar-refractivity contribution in [3.63, 3.8) is 0 Å². The zero-order valence-electron chi connectivity index (χ0n) is 12.9. The van der Waals surface area contributed by atoms with Gasteiger partial charge in [-0.25, -0.2) is 4.79 Å². The van der Waals surface area contributed by atoms with Gasteiger partial charge in [0.05, 0.1) is 5.02 Å². The maximum atomic E-state index is 11.6. The van der Waals surface area contributed by atoms with Gasteiger partial charge in [-0.2, -0.15) is 0 Å². The van der Waals surface area contributed by atoms with Crippen LogP contribution < -0.4 is 14.8 Å². The van der Waals surface area contributed by atoms with E-state index < -0.39 is 5.97 Å². The highest BCUT2D eigenvalue weighted by Gasteiger charge is 2.17. The van der Waals surface area contributed by atoms with Gasteiger partial charge in [0.25, 0.3) is 5.91 Å². The van der Waals surface area contributed by atoms with Gasteiger partial charge < -0.3 is 19.5 Å². The Kier molecular flexibility index (Phi) is 5.87. The molecule has 1 aliphatic heterocycles. The molecule has 124 valence electrons. The van der Waals surface area contributed by atoms with Gasteiger partial charge in [0.1, 0.15) is 0 Å². The molecule has 7 heteroatoms. The third kappa shape index (κ3) is 5.17. The monoisotopic (exact) mass is 339 g/mol. The summed E-state index contributed by atoms with van der Waals surface area (Å²) in [6.07, 6.45) is 2.76.